The number of nitrogens with one attached hydrogen (secondary N) is 2. The molecule has 17 heavy (non-hydrogen) atoms. The molecule has 0 unspecified atom stereocenters. The molecular weight excluding hydrogens is 235 g/mol. The third-order valence-electron chi connectivity index (χ3n) is 2.21. The van der Waals surface area contributed by atoms with Crippen molar-refractivity contribution in [3.05, 3.63) is 23.8 Å². The van der Waals surface area contributed by atoms with Gasteiger partial charge in [0.15, 0.2) is 5.82 Å². The van der Waals surface area contributed by atoms with Gasteiger partial charge in [0.05, 0.1) is 5.52 Å². The standard InChI is InChI=1S/C10H8F3N3O/c1-5-2-3-6-7(4-5)15-16-8(6)14-9(17)10(11,12)13/h2-4H,1H3,(H2,14,15,16,17). The van der Waals surface area contributed by atoms with Crippen LogP contribution in [0.2, 0.25) is 0 Å². The molecule has 0 spiro atoms. The maximum atomic E-state index is 12.1. The topological polar surface area (TPSA) is 57.8 Å². The van der Waals surface area contributed by atoms with Crippen molar-refractivity contribution in [2.45, 2.75) is 13.1 Å². The number of aromatic amines is 1. The Kier molecular flexibility index (Phi) is 2.53. The molecule has 0 saturated heterocycles. The van der Waals surface area contributed by atoms with Crippen molar-refractivity contribution < 1.29 is 18.0 Å². The zero-order chi connectivity index (χ0) is 12.6. The number of rotatable bonds is 1. The largest absolute Gasteiger partial charge is 0.471 e. The fraction of sp³-hybridized carbons (Fsp3) is 0.200. The molecule has 0 fully saturated rings. The number of amides is 1. The summed E-state index contributed by atoms with van der Waals surface area (Å²) >= 11 is 0. The van der Waals surface area contributed by atoms with E-state index in [0.717, 1.165) is 5.56 Å². The molecule has 0 aliphatic rings. The van der Waals surface area contributed by atoms with Gasteiger partial charge in [-0.2, -0.15) is 18.3 Å². The van der Waals surface area contributed by atoms with Crippen LogP contribution in [0.1, 0.15) is 5.56 Å². The smallest absolute Gasteiger partial charge is 0.301 e. The highest BCUT2D eigenvalue weighted by molar-refractivity contribution is 6.01. The van der Waals surface area contributed by atoms with E-state index >= 15 is 0 Å². The van der Waals surface area contributed by atoms with Gasteiger partial charge in [-0.05, 0) is 24.6 Å². The Morgan fingerprint density at radius 2 is 2.12 bits per heavy atom. The first-order chi connectivity index (χ1) is 7.88. The maximum Gasteiger partial charge on any atom is 0.471 e. The van der Waals surface area contributed by atoms with Gasteiger partial charge in [0.25, 0.3) is 0 Å². The van der Waals surface area contributed by atoms with Gasteiger partial charge in [-0.1, -0.05) is 6.07 Å². The number of anilines is 1. The predicted octanol–water partition coefficient (Wildman–Crippen LogP) is 2.37. The highest BCUT2D eigenvalue weighted by Crippen LogP contribution is 2.23. The van der Waals surface area contributed by atoms with Crippen LogP contribution in [-0.2, 0) is 4.79 Å². The third kappa shape index (κ3) is 2.22. The number of aromatic nitrogens is 2. The Morgan fingerprint density at radius 3 is 2.76 bits per heavy atom. The average Bonchev–Trinajstić information content (AvgIpc) is 2.59. The van der Waals surface area contributed by atoms with E-state index in [4.69, 9.17) is 0 Å². The number of fused-ring (bicyclic) bond motifs is 1. The van der Waals surface area contributed by atoms with Gasteiger partial charge in [0.2, 0.25) is 0 Å². The maximum absolute atomic E-state index is 12.1. The second kappa shape index (κ2) is 3.76. The molecular formula is C10H8F3N3O. The van der Waals surface area contributed by atoms with E-state index in [9.17, 15) is 18.0 Å². The van der Waals surface area contributed by atoms with Gasteiger partial charge < -0.3 is 5.32 Å². The summed E-state index contributed by atoms with van der Waals surface area (Å²) in [5.74, 6) is -2.16. The lowest BCUT2D eigenvalue weighted by atomic mass is 10.2. The van der Waals surface area contributed by atoms with Crippen LogP contribution < -0.4 is 5.32 Å². The first-order valence-electron chi connectivity index (χ1n) is 4.71. The molecule has 1 aromatic carbocycles. The molecule has 2 N–H and O–H groups in total. The second-order valence-corrected chi connectivity index (χ2v) is 3.57. The summed E-state index contributed by atoms with van der Waals surface area (Å²) in [4.78, 5) is 10.8. The third-order valence-corrected chi connectivity index (χ3v) is 2.21. The predicted molar refractivity (Wildman–Crippen MR) is 55.5 cm³/mol. The number of alkyl halides is 3. The molecule has 1 aromatic heterocycles. The van der Waals surface area contributed by atoms with E-state index in [1.807, 2.05) is 6.92 Å². The normalized spacial score (nSPS) is 11.8. The number of hydrogen-bond acceptors (Lipinski definition) is 2. The number of halogens is 3. The van der Waals surface area contributed by atoms with Gasteiger partial charge in [-0.25, -0.2) is 0 Å². The molecule has 2 rings (SSSR count). The summed E-state index contributed by atoms with van der Waals surface area (Å²) in [5.41, 5.74) is 1.51. The second-order valence-electron chi connectivity index (χ2n) is 3.57. The van der Waals surface area contributed by atoms with Crippen molar-refractivity contribution in [2.24, 2.45) is 0 Å². The van der Waals surface area contributed by atoms with Crippen LogP contribution >= 0.6 is 0 Å². The van der Waals surface area contributed by atoms with Crippen LogP contribution in [0.5, 0.6) is 0 Å². The van der Waals surface area contributed by atoms with E-state index in [-0.39, 0.29) is 5.82 Å². The van der Waals surface area contributed by atoms with Crippen molar-refractivity contribution in [3.63, 3.8) is 0 Å². The van der Waals surface area contributed by atoms with Crippen molar-refractivity contribution in [3.8, 4) is 0 Å². The molecule has 0 atom stereocenters. The van der Waals surface area contributed by atoms with Crippen LogP contribution in [0.4, 0.5) is 19.0 Å². The molecule has 0 radical (unpaired) electrons. The highest BCUT2D eigenvalue weighted by Gasteiger charge is 2.39. The first-order valence-corrected chi connectivity index (χ1v) is 4.71. The van der Waals surface area contributed by atoms with Crippen molar-refractivity contribution in [1.82, 2.24) is 10.2 Å². The SMILES string of the molecule is Cc1ccc2c(NC(=O)C(F)(F)F)n[nH]c2c1. The summed E-state index contributed by atoms with van der Waals surface area (Å²) in [6.45, 7) is 1.84. The average molecular weight is 243 g/mol. The van der Waals surface area contributed by atoms with Crippen molar-refractivity contribution in [1.29, 1.82) is 0 Å². The fourth-order valence-corrected chi connectivity index (χ4v) is 1.41. The molecule has 4 nitrogen and oxygen atoms in total. The number of aryl methyl sites for hydroxylation is 1. The zero-order valence-electron chi connectivity index (χ0n) is 8.72. The Hall–Kier alpha value is -2.05. The van der Waals surface area contributed by atoms with E-state index < -0.39 is 12.1 Å². The molecule has 0 aliphatic carbocycles. The molecule has 0 bridgehead atoms. The summed E-state index contributed by atoms with van der Waals surface area (Å²) < 4.78 is 36.2. The molecule has 1 heterocycles. The monoisotopic (exact) mass is 243 g/mol. The highest BCUT2D eigenvalue weighted by atomic mass is 19.4. The zero-order valence-corrected chi connectivity index (χ0v) is 8.72. The number of carbonyl (C=O) groups excluding carboxylic acids is 1. The number of benzene rings is 1. The van der Waals surface area contributed by atoms with Gasteiger partial charge in [-0.3, -0.25) is 9.89 Å². The summed E-state index contributed by atoms with van der Waals surface area (Å²) in [6, 6.07) is 5.05. The summed E-state index contributed by atoms with van der Waals surface area (Å²) in [7, 11) is 0. The van der Waals surface area contributed by atoms with Gasteiger partial charge in [0, 0.05) is 5.39 Å². The van der Waals surface area contributed by atoms with Crippen LogP contribution in [0.25, 0.3) is 10.9 Å². The summed E-state index contributed by atoms with van der Waals surface area (Å²) in [6.07, 6.45) is -4.92. The van der Waals surface area contributed by atoms with E-state index in [1.165, 1.54) is 0 Å². The first kappa shape index (κ1) is 11.4. The number of hydrogen-bond donors (Lipinski definition) is 2. The molecule has 0 saturated carbocycles. The van der Waals surface area contributed by atoms with Crippen molar-refractivity contribution >= 4 is 22.6 Å². The summed E-state index contributed by atoms with van der Waals surface area (Å²) in [5, 5.41) is 8.34. The van der Waals surface area contributed by atoms with Gasteiger partial charge in [-0.15, -0.1) is 0 Å². The Morgan fingerprint density at radius 1 is 1.41 bits per heavy atom. The van der Waals surface area contributed by atoms with E-state index in [2.05, 4.69) is 10.2 Å². The van der Waals surface area contributed by atoms with Crippen molar-refractivity contribution in [2.75, 3.05) is 5.32 Å². The van der Waals surface area contributed by atoms with Crippen LogP contribution in [0.15, 0.2) is 18.2 Å². The van der Waals surface area contributed by atoms with Crippen LogP contribution in [-0.4, -0.2) is 22.3 Å². The Bertz CT molecular complexity index is 574. The van der Waals surface area contributed by atoms with Crippen LogP contribution in [0, 0.1) is 6.92 Å². The van der Waals surface area contributed by atoms with Gasteiger partial charge >= 0.3 is 12.1 Å². The quantitative estimate of drug-likeness (QED) is 0.807. The lowest BCUT2D eigenvalue weighted by Crippen LogP contribution is -2.30. The molecule has 2 aromatic rings. The van der Waals surface area contributed by atoms with E-state index in [1.54, 1.807) is 23.5 Å². The number of carbonyl (C=O) groups is 1. The molecule has 1 amide bonds. The minimum absolute atomic E-state index is 0.123. The van der Waals surface area contributed by atoms with E-state index in [0.29, 0.717) is 10.9 Å². The lowest BCUT2D eigenvalue weighted by Gasteiger charge is -2.05. The fourth-order valence-electron chi connectivity index (χ4n) is 1.41. The molecule has 7 heteroatoms. The Labute approximate surface area is 93.8 Å². The number of nitrogens with zero attached hydrogens (tertiary/aromatic N) is 1. The van der Waals surface area contributed by atoms with Crippen LogP contribution in [0.3, 0.4) is 0 Å². The number of H-pyrrole nitrogens is 1. The molecule has 90 valence electrons. The minimum Gasteiger partial charge on any atom is -0.301 e. The lowest BCUT2D eigenvalue weighted by molar-refractivity contribution is -0.167. The van der Waals surface area contributed by atoms with Gasteiger partial charge in [0.1, 0.15) is 0 Å². The Balaban J connectivity index is 2.35. The minimum atomic E-state index is -4.92. The molecule has 0 aliphatic heterocycles.